The lowest BCUT2D eigenvalue weighted by Crippen LogP contribution is -2.46. The van der Waals surface area contributed by atoms with Crippen molar-refractivity contribution in [2.24, 2.45) is 0 Å². The van der Waals surface area contributed by atoms with Crippen molar-refractivity contribution in [2.75, 3.05) is 31.1 Å². The van der Waals surface area contributed by atoms with Crippen molar-refractivity contribution in [1.82, 2.24) is 24.7 Å². The number of hydrogen-bond acceptors (Lipinski definition) is 6. The van der Waals surface area contributed by atoms with Crippen molar-refractivity contribution < 1.29 is 4.52 Å². The van der Waals surface area contributed by atoms with Crippen molar-refractivity contribution >= 4 is 34.0 Å². The van der Waals surface area contributed by atoms with E-state index < -0.39 is 0 Å². The number of nitrogens with zero attached hydrogens (tertiary/aromatic N) is 6. The molecule has 1 aromatic carbocycles. The lowest BCUT2D eigenvalue weighted by molar-refractivity contribution is 0.247. The first-order valence-electron chi connectivity index (χ1n) is 9.85. The molecule has 7 nitrogen and oxygen atoms in total. The Hall–Kier alpha value is -2.64. The summed E-state index contributed by atoms with van der Waals surface area (Å²) in [7, 11) is 0. The van der Waals surface area contributed by atoms with Gasteiger partial charge >= 0.3 is 0 Å². The van der Waals surface area contributed by atoms with Crippen LogP contribution in [0.5, 0.6) is 0 Å². The summed E-state index contributed by atoms with van der Waals surface area (Å²) < 4.78 is 7.16. The molecular weight excluding hydrogens is 388 g/mol. The van der Waals surface area contributed by atoms with Crippen LogP contribution in [0, 0.1) is 20.8 Å². The van der Waals surface area contributed by atoms with Gasteiger partial charge in [0, 0.05) is 43.7 Å². The second-order valence-electron chi connectivity index (χ2n) is 7.65. The fourth-order valence-corrected chi connectivity index (χ4v) is 4.24. The fourth-order valence-electron chi connectivity index (χ4n) is 4.08. The highest BCUT2D eigenvalue weighted by Crippen LogP contribution is 2.31. The zero-order valence-electron chi connectivity index (χ0n) is 16.8. The molecule has 0 spiro atoms. The maximum Gasteiger partial charge on any atom is 0.176 e. The van der Waals surface area contributed by atoms with Crippen molar-refractivity contribution in [3.8, 4) is 0 Å². The number of anilines is 1. The zero-order chi connectivity index (χ0) is 20.1. The van der Waals surface area contributed by atoms with E-state index in [1.165, 1.54) is 5.56 Å². The molecule has 0 saturated carbocycles. The molecule has 1 saturated heterocycles. The third-order valence-corrected chi connectivity index (χ3v) is 6.23. The molecule has 1 aliphatic rings. The van der Waals surface area contributed by atoms with E-state index in [1.807, 2.05) is 37.4 Å². The first-order chi connectivity index (χ1) is 14.0. The summed E-state index contributed by atoms with van der Waals surface area (Å²) in [6.45, 7) is 10.5. The lowest BCUT2D eigenvalue weighted by atomic mass is 10.1. The molecule has 3 aromatic heterocycles. The van der Waals surface area contributed by atoms with Crippen LogP contribution >= 0.6 is 11.6 Å². The largest absolute Gasteiger partial charge is 0.361 e. The maximum atomic E-state index is 6.50. The van der Waals surface area contributed by atoms with E-state index in [4.69, 9.17) is 21.1 Å². The molecule has 0 aliphatic carbocycles. The van der Waals surface area contributed by atoms with Gasteiger partial charge in [-0.1, -0.05) is 28.9 Å². The van der Waals surface area contributed by atoms with Gasteiger partial charge in [-0.25, -0.2) is 9.50 Å². The molecule has 5 rings (SSSR count). The van der Waals surface area contributed by atoms with Crippen molar-refractivity contribution in [1.29, 1.82) is 0 Å². The Bertz CT molecular complexity index is 1190. The minimum absolute atomic E-state index is 0.619. The van der Waals surface area contributed by atoms with Gasteiger partial charge in [0.25, 0.3) is 0 Å². The molecule has 29 heavy (non-hydrogen) atoms. The van der Waals surface area contributed by atoms with E-state index in [0.29, 0.717) is 5.02 Å². The molecule has 0 bridgehead atoms. The molecule has 0 N–H and O–H groups in total. The smallest absolute Gasteiger partial charge is 0.176 e. The summed E-state index contributed by atoms with van der Waals surface area (Å²) in [6.07, 6.45) is 0. The number of rotatable bonds is 3. The summed E-state index contributed by atoms with van der Waals surface area (Å²) in [5, 5.41) is 10.4. The second kappa shape index (κ2) is 7.00. The third kappa shape index (κ3) is 3.05. The van der Waals surface area contributed by atoms with Crippen LogP contribution in [0.4, 0.5) is 5.82 Å². The summed E-state index contributed by atoms with van der Waals surface area (Å²) >= 11 is 6.50. The molecule has 150 valence electrons. The van der Waals surface area contributed by atoms with Gasteiger partial charge in [0.15, 0.2) is 5.65 Å². The quantitative estimate of drug-likeness (QED) is 0.512. The minimum atomic E-state index is 0.619. The predicted molar refractivity (Wildman–Crippen MR) is 114 cm³/mol. The van der Waals surface area contributed by atoms with E-state index in [2.05, 4.69) is 32.2 Å². The Morgan fingerprint density at radius 1 is 1.03 bits per heavy atom. The number of fused-ring (bicyclic) bond motifs is 3. The van der Waals surface area contributed by atoms with Gasteiger partial charge in [-0.2, -0.15) is 5.10 Å². The highest BCUT2D eigenvalue weighted by atomic mass is 35.5. The Labute approximate surface area is 173 Å². The number of para-hydroxylation sites is 1. The Morgan fingerprint density at radius 2 is 1.79 bits per heavy atom. The van der Waals surface area contributed by atoms with Crippen LogP contribution in [0.3, 0.4) is 0 Å². The number of aryl methyl sites for hydroxylation is 3. The molecule has 0 unspecified atom stereocenters. The van der Waals surface area contributed by atoms with E-state index in [9.17, 15) is 0 Å². The maximum absolute atomic E-state index is 6.50. The summed E-state index contributed by atoms with van der Waals surface area (Å²) in [4.78, 5) is 9.72. The summed E-state index contributed by atoms with van der Waals surface area (Å²) in [5.41, 5.74) is 4.72. The standard InChI is InChI=1S/C21H23ClN6O/c1-13-17(15(3)29-25-13)12-26-8-10-27(11-9-26)20-16-6-4-5-7-18(16)28-21(23-20)19(22)14(2)24-28/h4-7H,8-12H2,1-3H3. The van der Waals surface area contributed by atoms with Gasteiger partial charge in [0.1, 0.15) is 16.6 Å². The average Bonchev–Trinajstić information content (AvgIpc) is 3.21. The van der Waals surface area contributed by atoms with E-state index in [1.54, 1.807) is 0 Å². The third-order valence-electron chi connectivity index (χ3n) is 5.78. The Balaban J connectivity index is 1.45. The minimum Gasteiger partial charge on any atom is -0.361 e. The predicted octanol–water partition coefficient (Wildman–Crippen LogP) is 3.77. The van der Waals surface area contributed by atoms with Crippen molar-refractivity contribution in [3.63, 3.8) is 0 Å². The van der Waals surface area contributed by atoms with Crippen LogP contribution < -0.4 is 4.90 Å². The summed E-state index contributed by atoms with van der Waals surface area (Å²) in [5.74, 6) is 1.89. The Morgan fingerprint density at radius 3 is 2.52 bits per heavy atom. The van der Waals surface area contributed by atoms with Crippen molar-refractivity contribution in [2.45, 2.75) is 27.3 Å². The highest BCUT2D eigenvalue weighted by Gasteiger charge is 2.23. The first kappa shape index (κ1) is 18.4. The molecule has 1 aliphatic heterocycles. The first-order valence-corrected chi connectivity index (χ1v) is 10.2. The monoisotopic (exact) mass is 410 g/mol. The molecule has 4 aromatic rings. The van der Waals surface area contributed by atoms with Crippen LogP contribution in [-0.4, -0.2) is 50.8 Å². The van der Waals surface area contributed by atoms with Crippen LogP contribution in [0.25, 0.3) is 16.6 Å². The highest BCUT2D eigenvalue weighted by molar-refractivity contribution is 6.34. The topological polar surface area (TPSA) is 62.7 Å². The molecule has 8 heteroatoms. The number of halogens is 1. The fraction of sp³-hybridized carbons (Fsp3) is 0.381. The van der Waals surface area contributed by atoms with Crippen molar-refractivity contribution in [3.05, 3.63) is 52.0 Å². The molecule has 0 amide bonds. The normalized spacial score (nSPS) is 15.7. The Kier molecular flexibility index (Phi) is 4.44. The summed E-state index contributed by atoms with van der Waals surface area (Å²) in [6, 6.07) is 8.26. The van der Waals surface area contributed by atoms with Gasteiger partial charge in [0.2, 0.25) is 0 Å². The zero-order valence-corrected chi connectivity index (χ0v) is 17.6. The molecule has 4 heterocycles. The van der Waals surface area contributed by atoms with E-state index in [0.717, 1.165) is 72.2 Å². The van der Waals surface area contributed by atoms with Crippen LogP contribution in [0.15, 0.2) is 28.8 Å². The second-order valence-corrected chi connectivity index (χ2v) is 8.03. The van der Waals surface area contributed by atoms with E-state index >= 15 is 0 Å². The average molecular weight is 411 g/mol. The van der Waals surface area contributed by atoms with Gasteiger partial charge in [-0.05, 0) is 32.9 Å². The SMILES string of the molecule is Cc1noc(C)c1CN1CCN(c2nc3c(Cl)c(C)nn3c3ccccc23)CC1. The number of benzene rings is 1. The molecule has 1 fully saturated rings. The van der Waals surface area contributed by atoms with Crippen LogP contribution in [0.2, 0.25) is 5.02 Å². The number of aromatic nitrogens is 4. The molecule has 0 atom stereocenters. The number of piperazine rings is 1. The molecular formula is C21H23ClN6O. The lowest BCUT2D eigenvalue weighted by Gasteiger charge is -2.35. The van der Waals surface area contributed by atoms with Gasteiger partial charge in [-0.3, -0.25) is 4.90 Å². The van der Waals surface area contributed by atoms with Gasteiger partial charge in [0.05, 0.1) is 16.9 Å². The van der Waals surface area contributed by atoms with Crippen LogP contribution in [-0.2, 0) is 6.54 Å². The van der Waals surface area contributed by atoms with E-state index in [-0.39, 0.29) is 0 Å². The number of hydrogen-bond donors (Lipinski definition) is 0. The van der Waals surface area contributed by atoms with Crippen LogP contribution in [0.1, 0.15) is 22.7 Å². The van der Waals surface area contributed by atoms with Gasteiger partial charge in [-0.15, -0.1) is 0 Å². The molecule has 0 radical (unpaired) electrons. The van der Waals surface area contributed by atoms with Gasteiger partial charge < -0.3 is 9.42 Å².